The number of hydrogen-bond donors (Lipinski definition) is 1. The van der Waals surface area contributed by atoms with Crippen LogP contribution in [-0.2, 0) is 0 Å². The number of hydrogen-bond acceptors (Lipinski definition) is 4. The lowest BCUT2D eigenvalue weighted by atomic mass is 10.3. The number of aromatic nitrogens is 1. The Bertz CT molecular complexity index is 498. The number of nitrogens with zero attached hydrogens (tertiary/aromatic N) is 1. The smallest absolute Gasteiger partial charge is 0.184 e. The molecule has 0 radical (unpaired) electrons. The number of anilines is 1. The molecule has 0 spiro atoms. The second-order valence-corrected chi connectivity index (χ2v) is 6.19. The van der Waals surface area contributed by atoms with Crippen LogP contribution in [0.4, 0.5) is 9.52 Å². The van der Waals surface area contributed by atoms with Crippen molar-refractivity contribution in [3.05, 3.63) is 24.0 Å². The number of nitrogens with one attached hydrogen (secondary N) is 1. The molecular formula is C12H15FN2S2. The summed E-state index contributed by atoms with van der Waals surface area (Å²) in [5.41, 5.74) is 0.856. The van der Waals surface area contributed by atoms with Crippen molar-refractivity contribution >= 4 is 38.4 Å². The highest BCUT2D eigenvalue weighted by atomic mass is 32.2. The van der Waals surface area contributed by atoms with Gasteiger partial charge in [0.15, 0.2) is 5.13 Å². The van der Waals surface area contributed by atoms with Gasteiger partial charge in [0.25, 0.3) is 0 Å². The molecule has 1 aromatic heterocycles. The highest BCUT2D eigenvalue weighted by molar-refractivity contribution is 7.99. The van der Waals surface area contributed by atoms with Gasteiger partial charge in [-0.2, -0.15) is 11.8 Å². The molecule has 0 aliphatic heterocycles. The van der Waals surface area contributed by atoms with Gasteiger partial charge in [0.1, 0.15) is 5.82 Å². The Morgan fingerprint density at radius 2 is 2.35 bits per heavy atom. The van der Waals surface area contributed by atoms with Gasteiger partial charge >= 0.3 is 0 Å². The molecule has 1 unspecified atom stereocenters. The van der Waals surface area contributed by atoms with Crippen molar-refractivity contribution in [3.8, 4) is 0 Å². The topological polar surface area (TPSA) is 24.9 Å². The lowest BCUT2D eigenvalue weighted by Gasteiger charge is -2.11. The monoisotopic (exact) mass is 270 g/mol. The largest absolute Gasteiger partial charge is 0.358 e. The Kier molecular flexibility index (Phi) is 4.23. The molecule has 5 heteroatoms. The molecule has 0 fully saturated rings. The van der Waals surface area contributed by atoms with Crippen LogP contribution in [0.15, 0.2) is 18.2 Å². The molecule has 0 aliphatic rings. The molecule has 1 atom stereocenters. The SMILES string of the molecule is CCSCC(C)Nc1nc2ccc(F)cc2s1. The average molecular weight is 270 g/mol. The second kappa shape index (κ2) is 5.69. The molecule has 0 amide bonds. The zero-order chi connectivity index (χ0) is 12.3. The zero-order valence-electron chi connectivity index (χ0n) is 9.87. The van der Waals surface area contributed by atoms with Crippen molar-refractivity contribution in [3.63, 3.8) is 0 Å². The summed E-state index contributed by atoms with van der Waals surface area (Å²) in [6, 6.07) is 5.08. The van der Waals surface area contributed by atoms with Crippen LogP contribution in [0.25, 0.3) is 10.2 Å². The predicted molar refractivity (Wildman–Crippen MR) is 75.7 cm³/mol. The molecule has 17 heavy (non-hydrogen) atoms. The van der Waals surface area contributed by atoms with Gasteiger partial charge in [0.05, 0.1) is 10.2 Å². The van der Waals surface area contributed by atoms with Crippen LogP contribution >= 0.6 is 23.1 Å². The third-order valence-electron chi connectivity index (χ3n) is 2.29. The van der Waals surface area contributed by atoms with Crippen molar-refractivity contribution in [2.75, 3.05) is 16.8 Å². The lowest BCUT2D eigenvalue weighted by molar-refractivity contribution is 0.630. The van der Waals surface area contributed by atoms with Crippen LogP contribution in [0.2, 0.25) is 0 Å². The summed E-state index contributed by atoms with van der Waals surface area (Å²) >= 11 is 3.40. The van der Waals surface area contributed by atoms with E-state index < -0.39 is 0 Å². The molecule has 2 nitrogen and oxygen atoms in total. The van der Waals surface area contributed by atoms with E-state index in [1.165, 1.54) is 23.5 Å². The highest BCUT2D eigenvalue weighted by Crippen LogP contribution is 2.27. The van der Waals surface area contributed by atoms with Crippen LogP contribution in [0, 0.1) is 5.82 Å². The van der Waals surface area contributed by atoms with E-state index in [1.807, 2.05) is 11.8 Å². The summed E-state index contributed by atoms with van der Waals surface area (Å²) in [6.07, 6.45) is 0. The summed E-state index contributed by atoms with van der Waals surface area (Å²) in [5, 5.41) is 4.22. The van der Waals surface area contributed by atoms with Gasteiger partial charge in [-0.1, -0.05) is 18.3 Å². The molecule has 0 saturated heterocycles. The molecule has 0 bridgehead atoms. The van der Waals surface area contributed by atoms with Crippen molar-refractivity contribution < 1.29 is 4.39 Å². The Morgan fingerprint density at radius 3 is 3.12 bits per heavy atom. The molecule has 1 N–H and O–H groups in total. The Balaban J connectivity index is 2.08. The molecular weight excluding hydrogens is 255 g/mol. The van der Waals surface area contributed by atoms with E-state index in [2.05, 4.69) is 24.1 Å². The van der Waals surface area contributed by atoms with Gasteiger partial charge in [-0.3, -0.25) is 0 Å². The van der Waals surface area contributed by atoms with Gasteiger partial charge < -0.3 is 5.32 Å². The van der Waals surface area contributed by atoms with Crippen molar-refractivity contribution in [1.82, 2.24) is 4.98 Å². The van der Waals surface area contributed by atoms with E-state index in [-0.39, 0.29) is 5.82 Å². The van der Waals surface area contributed by atoms with E-state index in [9.17, 15) is 4.39 Å². The van der Waals surface area contributed by atoms with Crippen molar-refractivity contribution in [2.24, 2.45) is 0 Å². The minimum Gasteiger partial charge on any atom is -0.358 e. The number of fused-ring (bicyclic) bond motifs is 1. The summed E-state index contributed by atoms with van der Waals surface area (Å²) in [6.45, 7) is 4.28. The quantitative estimate of drug-likeness (QED) is 0.889. The van der Waals surface area contributed by atoms with E-state index in [4.69, 9.17) is 0 Å². The van der Waals surface area contributed by atoms with Gasteiger partial charge in [0.2, 0.25) is 0 Å². The molecule has 92 valence electrons. The number of thioether (sulfide) groups is 1. The third kappa shape index (κ3) is 3.33. The number of rotatable bonds is 5. The number of thiazole rings is 1. The van der Waals surface area contributed by atoms with E-state index >= 15 is 0 Å². The predicted octanol–water partition coefficient (Wildman–Crippen LogP) is 3.99. The maximum Gasteiger partial charge on any atom is 0.184 e. The van der Waals surface area contributed by atoms with Gasteiger partial charge in [-0.05, 0) is 30.9 Å². The van der Waals surface area contributed by atoms with Crippen LogP contribution in [-0.4, -0.2) is 22.5 Å². The Morgan fingerprint density at radius 1 is 1.53 bits per heavy atom. The van der Waals surface area contributed by atoms with E-state index in [1.54, 1.807) is 6.07 Å². The summed E-state index contributed by atoms with van der Waals surface area (Å²) in [4.78, 5) is 4.43. The van der Waals surface area contributed by atoms with Crippen molar-refractivity contribution in [2.45, 2.75) is 19.9 Å². The Hall–Kier alpha value is -0.810. The normalized spacial score (nSPS) is 12.9. The van der Waals surface area contributed by atoms with Gasteiger partial charge in [-0.25, -0.2) is 9.37 Å². The fraction of sp³-hybridized carbons (Fsp3) is 0.417. The average Bonchev–Trinajstić information content (AvgIpc) is 2.67. The maximum atomic E-state index is 13.0. The summed E-state index contributed by atoms with van der Waals surface area (Å²) in [7, 11) is 0. The molecule has 2 rings (SSSR count). The highest BCUT2D eigenvalue weighted by Gasteiger charge is 2.07. The summed E-state index contributed by atoms with van der Waals surface area (Å²) < 4.78 is 13.9. The van der Waals surface area contributed by atoms with Crippen molar-refractivity contribution in [1.29, 1.82) is 0 Å². The van der Waals surface area contributed by atoms with Gasteiger partial charge in [-0.15, -0.1) is 0 Å². The molecule has 0 aliphatic carbocycles. The first-order chi connectivity index (χ1) is 8.19. The first kappa shape index (κ1) is 12.6. The first-order valence-electron chi connectivity index (χ1n) is 5.59. The van der Waals surface area contributed by atoms with E-state index in [0.29, 0.717) is 6.04 Å². The minimum absolute atomic E-state index is 0.206. The second-order valence-electron chi connectivity index (χ2n) is 3.84. The molecule has 0 saturated carbocycles. The van der Waals surface area contributed by atoms with Crippen LogP contribution in [0.1, 0.15) is 13.8 Å². The minimum atomic E-state index is -0.206. The number of benzene rings is 1. The number of halogens is 1. The molecule has 2 aromatic rings. The van der Waals surface area contributed by atoms with Crippen LogP contribution in [0.5, 0.6) is 0 Å². The molecule has 1 heterocycles. The molecule has 1 aromatic carbocycles. The zero-order valence-corrected chi connectivity index (χ0v) is 11.5. The maximum absolute atomic E-state index is 13.0. The standard InChI is InChI=1S/C12H15FN2S2/c1-3-16-7-8(2)14-12-15-10-5-4-9(13)6-11(10)17-12/h4-6,8H,3,7H2,1-2H3,(H,14,15). The third-order valence-corrected chi connectivity index (χ3v) is 4.39. The lowest BCUT2D eigenvalue weighted by Crippen LogP contribution is -2.17. The van der Waals surface area contributed by atoms with Crippen LogP contribution in [0.3, 0.4) is 0 Å². The van der Waals surface area contributed by atoms with Gasteiger partial charge in [0, 0.05) is 11.8 Å². The first-order valence-corrected chi connectivity index (χ1v) is 7.56. The van der Waals surface area contributed by atoms with E-state index in [0.717, 1.165) is 26.9 Å². The Labute approximate surface area is 109 Å². The fourth-order valence-corrected chi connectivity index (χ4v) is 3.18. The fourth-order valence-electron chi connectivity index (χ4n) is 1.51. The summed E-state index contributed by atoms with van der Waals surface area (Å²) in [5.74, 6) is 1.97. The van der Waals surface area contributed by atoms with Crippen LogP contribution < -0.4 is 5.32 Å².